The van der Waals surface area contributed by atoms with Crippen molar-refractivity contribution in [2.45, 2.75) is 51.3 Å². The molecule has 0 amide bonds. The van der Waals surface area contributed by atoms with Gasteiger partial charge in [0.2, 0.25) is 5.89 Å². The molecule has 0 fully saturated rings. The molecule has 1 heterocycles. The van der Waals surface area contributed by atoms with Gasteiger partial charge in [0, 0.05) is 11.1 Å². The van der Waals surface area contributed by atoms with Crippen LogP contribution >= 0.6 is 0 Å². The van der Waals surface area contributed by atoms with Crippen molar-refractivity contribution in [3.8, 4) is 11.3 Å². The van der Waals surface area contributed by atoms with Crippen LogP contribution in [0.3, 0.4) is 0 Å². The Hall–Kier alpha value is -1.92. The van der Waals surface area contributed by atoms with Crippen molar-refractivity contribution in [2.24, 2.45) is 0 Å². The Balaban J connectivity index is 2.05. The molecule has 0 bridgehead atoms. The average molecular weight is 361 g/mol. The van der Waals surface area contributed by atoms with E-state index in [0.29, 0.717) is 17.3 Å². The number of aryl methyl sites for hydroxylation is 2. The van der Waals surface area contributed by atoms with Crippen LogP contribution in [0.25, 0.3) is 16.8 Å². The molecule has 1 aliphatic rings. The number of nitrogens with zero attached hydrogens (tertiary/aromatic N) is 1. The van der Waals surface area contributed by atoms with E-state index in [1.807, 2.05) is 13.8 Å². The normalized spacial score (nSPS) is 15.2. The molecule has 0 saturated heterocycles. The predicted molar refractivity (Wildman–Crippen MR) is 96.7 cm³/mol. The Labute approximate surface area is 148 Å². The van der Waals surface area contributed by atoms with E-state index in [2.05, 4.69) is 11.1 Å². The van der Waals surface area contributed by atoms with Gasteiger partial charge in [0.05, 0.1) is 11.5 Å². The van der Waals surface area contributed by atoms with E-state index >= 15 is 0 Å². The Bertz CT molecular complexity index is 910. The van der Waals surface area contributed by atoms with Gasteiger partial charge in [0.1, 0.15) is 11.5 Å². The van der Waals surface area contributed by atoms with Gasteiger partial charge in [-0.15, -0.1) is 0 Å². The summed E-state index contributed by atoms with van der Waals surface area (Å²) >= 11 is 0. The molecule has 1 aliphatic carbocycles. The van der Waals surface area contributed by atoms with Crippen LogP contribution in [0.15, 0.2) is 33.6 Å². The van der Waals surface area contributed by atoms with Gasteiger partial charge in [-0.2, -0.15) is 8.42 Å². The van der Waals surface area contributed by atoms with Gasteiger partial charge in [-0.05, 0) is 64.2 Å². The molecule has 1 aromatic carbocycles. The highest BCUT2D eigenvalue weighted by atomic mass is 32.2. The van der Waals surface area contributed by atoms with E-state index in [0.717, 1.165) is 36.0 Å². The fraction of sp³-hybridized carbons (Fsp3) is 0.421. The van der Waals surface area contributed by atoms with Crippen LogP contribution in [0, 0.1) is 13.8 Å². The third-order valence-electron chi connectivity index (χ3n) is 4.39. The average Bonchev–Trinajstić information content (AvgIpc) is 2.97. The largest absolute Gasteiger partial charge is 0.441 e. The summed E-state index contributed by atoms with van der Waals surface area (Å²) in [4.78, 5) is 4.80. The molecular formula is C19H23NO4S. The monoisotopic (exact) mass is 361 g/mol. The zero-order chi connectivity index (χ0) is 18.0. The van der Waals surface area contributed by atoms with Gasteiger partial charge < -0.3 is 4.42 Å². The third-order valence-corrected chi connectivity index (χ3v) is 5.77. The molecule has 25 heavy (non-hydrogen) atoms. The molecular weight excluding hydrogens is 338 g/mol. The molecule has 0 radical (unpaired) electrons. The summed E-state index contributed by atoms with van der Waals surface area (Å²) < 4.78 is 35.2. The van der Waals surface area contributed by atoms with Crippen molar-refractivity contribution in [3.63, 3.8) is 0 Å². The Morgan fingerprint density at radius 3 is 2.72 bits per heavy atom. The van der Waals surface area contributed by atoms with E-state index in [1.165, 1.54) is 6.42 Å². The van der Waals surface area contributed by atoms with Crippen molar-refractivity contribution in [1.29, 1.82) is 0 Å². The molecule has 134 valence electrons. The molecule has 6 heteroatoms. The number of hydrogen-bond donors (Lipinski definition) is 0. The number of allylic oxidation sites excluding steroid dienone is 2. The fourth-order valence-electron chi connectivity index (χ4n) is 3.05. The van der Waals surface area contributed by atoms with Crippen LogP contribution in [0.4, 0.5) is 0 Å². The second-order valence-electron chi connectivity index (χ2n) is 6.24. The van der Waals surface area contributed by atoms with Crippen LogP contribution in [-0.2, 0) is 14.3 Å². The van der Waals surface area contributed by atoms with Crippen molar-refractivity contribution >= 4 is 15.7 Å². The van der Waals surface area contributed by atoms with E-state index in [-0.39, 0.29) is 11.5 Å². The van der Waals surface area contributed by atoms with Gasteiger partial charge in [0.15, 0.2) is 0 Å². The first-order chi connectivity index (χ1) is 11.9. The lowest BCUT2D eigenvalue weighted by molar-refractivity contribution is 0.338. The van der Waals surface area contributed by atoms with Crippen molar-refractivity contribution in [3.05, 3.63) is 41.5 Å². The summed E-state index contributed by atoms with van der Waals surface area (Å²) in [5.41, 5.74) is 3.52. The molecule has 0 aliphatic heterocycles. The summed E-state index contributed by atoms with van der Waals surface area (Å²) in [6.07, 6.45) is 6.54. The van der Waals surface area contributed by atoms with Crippen LogP contribution in [0.5, 0.6) is 0 Å². The van der Waals surface area contributed by atoms with Crippen molar-refractivity contribution < 1.29 is 17.0 Å². The summed E-state index contributed by atoms with van der Waals surface area (Å²) in [6.45, 7) is 5.55. The highest BCUT2D eigenvalue weighted by Crippen LogP contribution is 2.33. The highest BCUT2D eigenvalue weighted by Gasteiger charge is 2.21. The number of rotatable bonds is 5. The van der Waals surface area contributed by atoms with Gasteiger partial charge >= 0.3 is 0 Å². The van der Waals surface area contributed by atoms with Gasteiger partial charge in [0.25, 0.3) is 10.1 Å². The lowest BCUT2D eigenvalue weighted by Crippen LogP contribution is -2.06. The lowest BCUT2D eigenvalue weighted by atomic mass is 10.00. The van der Waals surface area contributed by atoms with Crippen LogP contribution < -0.4 is 0 Å². The summed E-state index contributed by atoms with van der Waals surface area (Å²) in [7, 11) is -3.75. The zero-order valence-corrected chi connectivity index (χ0v) is 15.6. The molecule has 3 rings (SSSR count). The molecule has 0 N–H and O–H groups in total. The lowest BCUT2D eigenvalue weighted by Gasteiger charge is -2.09. The molecule has 0 unspecified atom stereocenters. The number of aromatic nitrogens is 1. The molecule has 5 nitrogen and oxygen atoms in total. The first-order valence-electron chi connectivity index (χ1n) is 8.59. The van der Waals surface area contributed by atoms with E-state index in [9.17, 15) is 8.42 Å². The van der Waals surface area contributed by atoms with E-state index < -0.39 is 10.1 Å². The second-order valence-corrected chi connectivity index (χ2v) is 7.85. The molecule has 0 saturated carbocycles. The minimum atomic E-state index is -3.75. The zero-order valence-electron chi connectivity index (χ0n) is 14.8. The number of hydrogen-bond acceptors (Lipinski definition) is 5. The van der Waals surface area contributed by atoms with Crippen LogP contribution in [-0.4, -0.2) is 20.0 Å². The molecule has 0 spiro atoms. The topological polar surface area (TPSA) is 69.4 Å². The summed E-state index contributed by atoms with van der Waals surface area (Å²) in [5, 5.41) is 0. The standard InChI is InChI=1S/C19H23NO4S/c1-4-23-25(21,22)16-11-10-13(2)17(12-16)18-14(3)24-19(20-18)15-8-6-5-7-9-15/h8,10-12H,4-7,9H2,1-3H3. The Kier molecular flexibility index (Phi) is 5.11. The number of benzene rings is 1. The second kappa shape index (κ2) is 7.14. The number of oxazole rings is 1. The van der Waals surface area contributed by atoms with Crippen molar-refractivity contribution in [2.75, 3.05) is 6.61 Å². The first kappa shape index (κ1) is 17.9. The first-order valence-corrected chi connectivity index (χ1v) is 10.0. The minimum Gasteiger partial charge on any atom is -0.441 e. The maximum atomic E-state index is 12.2. The quantitative estimate of drug-likeness (QED) is 0.726. The van der Waals surface area contributed by atoms with Crippen LogP contribution in [0.2, 0.25) is 0 Å². The van der Waals surface area contributed by atoms with Crippen LogP contribution in [0.1, 0.15) is 49.8 Å². The smallest absolute Gasteiger partial charge is 0.296 e. The Morgan fingerprint density at radius 2 is 2.04 bits per heavy atom. The maximum absolute atomic E-state index is 12.2. The predicted octanol–water partition coefficient (Wildman–Crippen LogP) is 4.64. The Morgan fingerprint density at radius 1 is 1.24 bits per heavy atom. The minimum absolute atomic E-state index is 0.104. The van der Waals surface area contributed by atoms with Gasteiger partial charge in [-0.1, -0.05) is 12.1 Å². The third kappa shape index (κ3) is 3.70. The van der Waals surface area contributed by atoms with Gasteiger partial charge in [-0.25, -0.2) is 4.98 Å². The molecule has 2 aromatic rings. The van der Waals surface area contributed by atoms with E-state index in [4.69, 9.17) is 8.60 Å². The molecule has 1 aromatic heterocycles. The van der Waals surface area contributed by atoms with E-state index in [1.54, 1.807) is 25.1 Å². The van der Waals surface area contributed by atoms with Crippen molar-refractivity contribution in [1.82, 2.24) is 4.98 Å². The summed E-state index contributed by atoms with van der Waals surface area (Å²) in [5.74, 6) is 1.33. The summed E-state index contributed by atoms with van der Waals surface area (Å²) in [6, 6.07) is 4.95. The fourth-order valence-corrected chi connectivity index (χ4v) is 3.99. The molecule has 0 atom stereocenters. The SMILES string of the molecule is CCOS(=O)(=O)c1ccc(C)c(-c2nc(C3=CCCCC3)oc2C)c1. The van der Waals surface area contributed by atoms with Gasteiger partial charge in [-0.3, -0.25) is 4.18 Å². The highest BCUT2D eigenvalue weighted by molar-refractivity contribution is 7.86. The maximum Gasteiger partial charge on any atom is 0.296 e.